The Morgan fingerprint density at radius 3 is 2.47 bits per heavy atom. The minimum Gasteiger partial charge on any atom is -0.493 e. The van der Waals surface area contributed by atoms with E-state index in [9.17, 15) is 9.59 Å². The van der Waals surface area contributed by atoms with E-state index in [4.69, 9.17) is 14.2 Å². The van der Waals surface area contributed by atoms with Crippen molar-refractivity contribution in [2.45, 2.75) is 38.5 Å². The van der Waals surface area contributed by atoms with Crippen LogP contribution < -0.4 is 25.1 Å². The van der Waals surface area contributed by atoms with Crippen molar-refractivity contribution in [3.8, 4) is 28.6 Å². The van der Waals surface area contributed by atoms with Gasteiger partial charge in [-0.2, -0.15) is 0 Å². The lowest BCUT2D eigenvalue weighted by atomic mass is 9.86. The number of hydrogen-bond donors (Lipinski definition) is 2. The summed E-state index contributed by atoms with van der Waals surface area (Å²) >= 11 is 0. The Labute approximate surface area is 210 Å². The van der Waals surface area contributed by atoms with Gasteiger partial charge in [-0.1, -0.05) is 12.5 Å². The van der Waals surface area contributed by atoms with Crippen molar-refractivity contribution in [2.24, 2.45) is 5.92 Å². The van der Waals surface area contributed by atoms with E-state index in [0.717, 1.165) is 23.5 Å². The van der Waals surface area contributed by atoms with Crippen molar-refractivity contribution >= 4 is 5.91 Å². The highest BCUT2D eigenvalue weighted by Crippen LogP contribution is 2.28. The summed E-state index contributed by atoms with van der Waals surface area (Å²) < 4.78 is 16.4. The third kappa shape index (κ3) is 6.62. The minimum absolute atomic E-state index is 0.149. The molecule has 2 aromatic carbocycles. The van der Waals surface area contributed by atoms with Crippen molar-refractivity contribution < 1.29 is 19.0 Å². The SMILES string of the molecule is COc1ccc(CCNC(=O)CCc2nnc(-c3ccc(OCC4CCC4)cc3)[nH]c2=O)cc1OC. The molecule has 9 heteroatoms. The van der Waals surface area contributed by atoms with Gasteiger partial charge in [-0.25, -0.2) is 0 Å². The topological polar surface area (TPSA) is 115 Å². The lowest BCUT2D eigenvalue weighted by molar-refractivity contribution is -0.121. The number of methoxy groups -OCH3 is 2. The summed E-state index contributed by atoms with van der Waals surface area (Å²) in [5, 5.41) is 11.1. The van der Waals surface area contributed by atoms with Crippen molar-refractivity contribution in [1.29, 1.82) is 0 Å². The van der Waals surface area contributed by atoms with Crippen LogP contribution in [0.3, 0.4) is 0 Å². The van der Waals surface area contributed by atoms with Crippen LogP contribution in [0.15, 0.2) is 47.3 Å². The number of H-pyrrole nitrogens is 1. The van der Waals surface area contributed by atoms with Crippen LogP contribution in [0.4, 0.5) is 0 Å². The van der Waals surface area contributed by atoms with Gasteiger partial charge in [0.05, 0.1) is 20.8 Å². The Balaban J connectivity index is 1.23. The second-order valence-corrected chi connectivity index (χ2v) is 8.87. The first-order valence-corrected chi connectivity index (χ1v) is 12.2. The van der Waals surface area contributed by atoms with Gasteiger partial charge in [0, 0.05) is 24.9 Å². The molecule has 0 atom stereocenters. The molecule has 0 unspecified atom stereocenters. The van der Waals surface area contributed by atoms with Gasteiger partial charge in [-0.15, -0.1) is 10.2 Å². The molecule has 0 bridgehead atoms. The molecule has 0 saturated heterocycles. The molecule has 1 aliphatic rings. The number of hydrogen-bond acceptors (Lipinski definition) is 7. The van der Waals surface area contributed by atoms with E-state index < -0.39 is 0 Å². The zero-order valence-electron chi connectivity index (χ0n) is 20.7. The molecule has 1 heterocycles. The molecule has 0 aliphatic heterocycles. The smallest absolute Gasteiger partial charge is 0.273 e. The highest BCUT2D eigenvalue weighted by molar-refractivity contribution is 5.76. The van der Waals surface area contributed by atoms with Crippen LogP contribution in [0, 0.1) is 5.92 Å². The molecule has 3 aromatic rings. The van der Waals surface area contributed by atoms with Crippen molar-refractivity contribution in [3.05, 3.63) is 64.1 Å². The molecular formula is C27H32N4O5. The molecule has 1 aliphatic carbocycles. The number of amides is 1. The number of rotatable bonds is 12. The number of ether oxygens (including phenoxy) is 3. The summed E-state index contributed by atoms with van der Waals surface area (Å²) in [5.74, 6) is 3.00. The fraction of sp³-hybridized carbons (Fsp3) is 0.407. The Morgan fingerprint density at radius 2 is 1.81 bits per heavy atom. The molecule has 1 amide bonds. The van der Waals surface area contributed by atoms with Crippen LogP contribution >= 0.6 is 0 Å². The van der Waals surface area contributed by atoms with Crippen LogP contribution in [0.25, 0.3) is 11.4 Å². The van der Waals surface area contributed by atoms with Crippen molar-refractivity contribution in [2.75, 3.05) is 27.4 Å². The van der Waals surface area contributed by atoms with E-state index in [1.807, 2.05) is 42.5 Å². The highest BCUT2D eigenvalue weighted by Gasteiger charge is 2.18. The maximum Gasteiger partial charge on any atom is 0.273 e. The molecule has 36 heavy (non-hydrogen) atoms. The quantitative estimate of drug-likeness (QED) is 0.398. The number of aromatic amines is 1. The van der Waals surface area contributed by atoms with E-state index in [-0.39, 0.29) is 30.0 Å². The summed E-state index contributed by atoms with van der Waals surface area (Å²) in [6.07, 6.45) is 4.77. The van der Waals surface area contributed by atoms with Gasteiger partial charge < -0.3 is 24.5 Å². The fourth-order valence-corrected chi connectivity index (χ4v) is 3.94. The van der Waals surface area contributed by atoms with E-state index in [2.05, 4.69) is 20.5 Å². The zero-order valence-corrected chi connectivity index (χ0v) is 20.7. The normalized spacial score (nSPS) is 13.1. The maximum atomic E-state index is 12.5. The van der Waals surface area contributed by atoms with Gasteiger partial charge in [-0.3, -0.25) is 9.59 Å². The molecule has 9 nitrogen and oxygen atoms in total. The summed E-state index contributed by atoms with van der Waals surface area (Å²) in [4.78, 5) is 27.5. The number of benzene rings is 2. The first kappa shape index (κ1) is 25.2. The number of carbonyl (C=O) groups is 1. The monoisotopic (exact) mass is 492 g/mol. The number of nitrogens with zero attached hydrogens (tertiary/aromatic N) is 2. The lowest BCUT2D eigenvalue weighted by Gasteiger charge is -2.25. The van der Waals surface area contributed by atoms with Gasteiger partial charge in [0.1, 0.15) is 11.4 Å². The van der Waals surface area contributed by atoms with E-state index in [0.29, 0.717) is 36.2 Å². The van der Waals surface area contributed by atoms with E-state index >= 15 is 0 Å². The fourth-order valence-electron chi connectivity index (χ4n) is 3.94. The average molecular weight is 493 g/mol. The van der Waals surface area contributed by atoms with Gasteiger partial charge in [0.2, 0.25) is 5.91 Å². The highest BCUT2D eigenvalue weighted by atomic mass is 16.5. The second-order valence-electron chi connectivity index (χ2n) is 8.87. The average Bonchev–Trinajstić information content (AvgIpc) is 2.87. The van der Waals surface area contributed by atoms with Gasteiger partial charge in [0.15, 0.2) is 17.3 Å². The summed E-state index contributed by atoms with van der Waals surface area (Å²) in [5.41, 5.74) is 1.65. The Hall–Kier alpha value is -3.88. The van der Waals surface area contributed by atoms with Gasteiger partial charge in [-0.05, 0) is 67.1 Å². The van der Waals surface area contributed by atoms with Crippen LogP contribution in [0.5, 0.6) is 17.2 Å². The first-order valence-electron chi connectivity index (χ1n) is 12.2. The summed E-state index contributed by atoms with van der Waals surface area (Å²) in [6.45, 7) is 1.21. The Kier molecular flexibility index (Phi) is 8.54. The standard InChI is InChI=1S/C27H32N4O5/c1-34-23-12-6-18(16-24(23)35-2)14-15-28-25(32)13-11-22-27(33)29-26(31-30-22)20-7-9-21(10-8-20)36-17-19-4-3-5-19/h6-10,12,16,19H,3-5,11,13-15,17H2,1-2H3,(H,28,32)(H,29,31,33). The summed E-state index contributed by atoms with van der Waals surface area (Å²) in [7, 11) is 3.17. The summed E-state index contributed by atoms with van der Waals surface area (Å²) in [6, 6.07) is 13.1. The number of nitrogens with one attached hydrogen (secondary N) is 2. The van der Waals surface area contributed by atoms with E-state index in [1.165, 1.54) is 19.3 Å². The Morgan fingerprint density at radius 1 is 1.03 bits per heavy atom. The number of aromatic nitrogens is 3. The third-order valence-electron chi connectivity index (χ3n) is 6.38. The molecule has 1 saturated carbocycles. The van der Waals surface area contributed by atoms with Crippen LogP contribution in [0.2, 0.25) is 0 Å². The zero-order chi connectivity index (χ0) is 25.3. The molecule has 0 spiro atoms. The molecule has 4 rings (SSSR count). The van der Waals surface area contributed by atoms with Crippen molar-refractivity contribution in [1.82, 2.24) is 20.5 Å². The maximum absolute atomic E-state index is 12.5. The minimum atomic E-state index is -0.344. The molecule has 2 N–H and O–H groups in total. The van der Waals surface area contributed by atoms with Crippen LogP contribution in [0.1, 0.15) is 36.9 Å². The molecule has 0 radical (unpaired) electrons. The molecule has 1 fully saturated rings. The van der Waals surface area contributed by atoms with E-state index in [1.54, 1.807) is 14.2 Å². The molecule has 1 aromatic heterocycles. The second kappa shape index (κ2) is 12.2. The predicted molar refractivity (Wildman–Crippen MR) is 136 cm³/mol. The third-order valence-corrected chi connectivity index (χ3v) is 6.38. The number of aryl methyl sites for hydroxylation is 1. The molecular weight excluding hydrogens is 460 g/mol. The lowest BCUT2D eigenvalue weighted by Crippen LogP contribution is -2.27. The van der Waals surface area contributed by atoms with Gasteiger partial charge >= 0.3 is 0 Å². The predicted octanol–water partition coefficient (Wildman–Crippen LogP) is 3.32. The number of carbonyl (C=O) groups excluding carboxylic acids is 1. The Bertz CT molecular complexity index is 1220. The largest absolute Gasteiger partial charge is 0.493 e. The van der Waals surface area contributed by atoms with Crippen LogP contribution in [-0.2, 0) is 17.6 Å². The molecule has 190 valence electrons. The van der Waals surface area contributed by atoms with Crippen LogP contribution in [-0.4, -0.2) is 48.5 Å². The first-order chi connectivity index (χ1) is 17.6. The van der Waals surface area contributed by atoms with Gasteiger partial charge in [0.25, 0.3) is 5.56 Å². The van der Waals surface area contributed by atoms with Crippen molar-refractivity contribution in [3.63, 3.8) is 0 Å².